The predicted octanol–water partition coefficient (Wildman–Crippen LogP) is 3.51. The van der Waals surface area contributed by atoms with Crippen molar-refractivity contribution in [3.63, 3.8) is 0 Å². The first-order chi connectivity index (χ1) is 10.1. The summed E-state index contributed by atoms with van der Waals surface area (Å²) < 4.78 is 32.1. The third-order valence-corrected chi connectivity index (χ3v) is 2.93. The van der Waals surface area contributed by atoms with Gasteiger partial charge in [-0.1, -0.05) is 29.5 Å². The fraction of sp³-hybridized carbons (Fsp3) is 0.125. The summed E-state index contributed by atoms with van der Waals surface area (Å²) in [5, 5.41) is -0.000801. The van der Waals surface area contributed by atoms with E-state index in [0.29, 0.717) is 11.1 Å². The zero-order valence-electron chi connectivity index (χ0n) is 11.0. The van der Waals surface area contributed by atoms with Crippen molar-refractivity contribution in [3.8, 4) is 17.6 Å². The molecule has 108 valence electrons. The number of ether oxygens (including phenoxy) is 1. The standard InChI is InChI=1S/C16H12ClF2NO/c17-13-8-12(4-5-14(13)18)10-21-16-9-11(2-1-7-20)3-6-15(16)19/h3-6,8-9H,7,10,20H2. The minimum absolute atomic E-state index is 0.000801. The fourth-order valence-electron chi connectivity index (χ4n) is 1.64. The Kier molecular flexibility index (Phi) is 5.15. The van der Waals surface area contributed by atoms with Crippen LogP contribution >= 0.6 is 11.6 Å². The maximum atomic E-state index is 13.7. The van der Waals surface area contributed by atoms with Crippen molar-refractivity contribution >= 4 is 11.6 Å². The van der Waals surface area contributed by atoms with Crippen molar-refractivity contribution < 1.29 is 13.5 Å². The molecule has 0 aromatic heterocycles. The van der Waals surface area contributed by atoms with Crippen LogP contribution in [0.3, 0.4) is 0 Å². The Hall–Kier alpha value is -2.09. The summed E-state index contributed by atoms with van der Waals surface area (Å²) in [6, 6.07) is 8.50. The molecular formula is C16H12ClF2NO. The van der Waals surface area contributed by atoms with E-state index in [1.807, 2.05) is 0 Å². The van der Waals surface area contributed by atoms with Crippen molar-refractivity contribution in [2.75, 3.05) is 6.54 Å². The monoisotopic (exact) mass is 307 g/mol. The molecule has 0 aliphatic heterocycles. The van der Waals surface area contributed by atoms with Gasteiger partial charge in [-0.3, -0.25) is 0 Å². The molecule has 0 aliphatic rings. The average Bonchev–Trinajstić information content (AvgIpc) is 2.48. The van der Waals surface area contributed by atoms with Crippen LogP contribution in [-0.2, 0) is 6.61 Å². The van der Waals surface area contributed by atoms with Crippen molar-refractivity contribution in [3.05, 3.63) is 64.2 Å². The van der Waals surface area contributed by atoms with Crippen LogP contribution in [0.5, 0.6) is 5.75 Å². The van der Waals surface area contributed by atoms with Crippen LogP contribution in [0.2, 0.25) is 5.02 Å². The van der Waals surface area contributed by atoms with Gasteiger partial charge < -0.3 is 10.5 Å². The molecule has 0 unspecified atom stereocenters. The topological polar surface area (TPSA) is 35.2 Å². The van der Waals surface area contributed by atoms with Crippen molar-refractivity contribution in [2.24, 2.45) is 5.73 Å². The molecule has 2 N–H and O–H groups in total. The van der Waals surface area contributed by atoms with E-state index in [-0.39, 0.29) is 23.9 Å². The third kappa shape index (κ3) is 4.19. The second-order valence-corrected chi connectivity index (χ2v) is 4.60. The first kappa shape index (κ1) is 15.3. The quantitative estimate of drug-likeness (QED) is 0.881. The largest absolute Gasteiger partial charge is 0.486 e. The highest BCUT2D eigenvalue weighted by atomic mass is 35.5. The number of halogens is 3. The Morgan fingerprint density at radius 3 is 2.57 bits per heavy atom. The summed E-state index contributed by atoms with van der Waals surface area (Å²) in [6.07, 6.45) is 0. The molecule has 2 nitrogen and oxygen atoms in total. The molecule has 0 fully saturated rings. The third-order valence-electron chi connectivity index (χ3n) is 2.64. The van der Waals surface area contributed by atoms with Gasteiger partial charge in [-0.2, -0.15) is 0 Å². The van der Waals surface area contributed by atoms with E-state index in [9.17, 15) is 8.78 Å². The summed E-state index contributed by atoms with van der Waals surface area (Å²) in [7, 11) is 0. The first-order valence-electron chi connectivity index (χ1n) is 6.15. The Labute approximate surface area is 126 Å². The summed E-state index contributed by atoms with van der Waals surface area (Å²) in [6.45, 7) is 0.298. The Morgan fingerprint density at radius 1 is 1.10 bits per heavy atom. The van der Waals surface area contributed by atoms with Gasteiger partial charge in [-0.05, 0) is 35.9 Å². The lowest BCUT2D eigenvalue weighted by atomic mass is 10.2. The highest BCUT2D eigenvalue weighted by molar-refractivity contribution is 6.30. The molecule has 0 spiro atoms. The molecule has 0 radical (unpaired) electrons. The summed E-state index contributed by atoms with van der Waals surface area (Å²) in [5.74, 6) is 4.54. The molecule has 0 bridgehead atoms. The zero-order chi connectivity index (χ0) is 15.2. The number of hydrogen-bond donors (Lipinski definition) is 1. The highest BCUT2D eigenvalue weighted by Crippen LogP contribution is 2.21. The Morgan fingerprint density at radius 2 is 1.86 bits per heavy atom. The van der Waals surface area contributed by atoms with Crippen LogP contribution in [0.25, 0.3) is 0 Å². The van der Waals surface area contributed by atoms with E-state index in [1.54, 1.807) is 6.07 Å². The Bertz CT molecular complexity index is 707. The summed E-state index contributed by atoms with van der Waals surface area (Å²) >= 11 is 5.67. The van der Waals surface area contributed by atoms with Gasteiger partial charge in [0.1, 0.15) is 12.4 Å². The second-order valence-electron chi connectivity index (χ2n) is 4.19. The molecule has 2 aromatic rings. The van der Waals surface area contributed by atoms with Crippen LogP contribution in [0.15, 0.2) is 36.4 Å². The van der Waals surface area contributed by atoms with E-state index in [0.717, 1.165) is 0 Å². The smallest absolute Gasteiger partial charge is 0.165 e. The summed E-state index contributed by atoms with van der Waals surface area (Å²) in [4.78, 5) is 0. The fourth-order valence-corrected chi connectivity index (χ4v) is 1.84. The molecule has 0 aliphatic carbocycles. The zero-order valence-corrected chi connectivity index (χ0v) is 11.8. The molecule has 21 heavy (non-hydrogen) atoms. The molecule has 0 heterocycles. The van der Waals surface area contributed by atoms with E-state index < -0.39 is 11.6 Å². The lowest BCUT2D eigenvalue weighted by Crippen LogP contribution is -1.98. The molecular weight excluding hydrogens is 296 g/mol. The van der Waals surface area contributed by atoms with Crippen LogP contribution in [0, 0.1) is 23.5 Å². The van der Waals surface area contributed by atoms with Gasteiger partial charge in [0.25, 0.3) is 0 Å². The molecule has 0 saturated carbocycles. The van der Waals surface area contributed by atoms with Crippen LogP contribution in [-0.4, -0.2) is 6.54 Å². The lowest BCUT2D eigenvalue weighted by molar-refractivity contribution is 0.290. The maximum Gasteiger partial charge on any atom is 0.165 e. The Balaban J connectivity index is 2.13. The van der Waals surface area contributed by atoms with Gasteiger partial charge in [0, 0.05) is 5.56 Å². The number of rotatable bonds is 3. The lowest BCUT2D eigenvalue weighted by Gasteiger charge is -2.08. The SMILES string of the molecule is NCC#Cc1ccc(F)c(OCc2ccc(F)c(Cl)c2)c1. The molecule has 2 aromatic carbocycles. The van der Waals surface area contributed by atoms with Crippen molar-refractivity contribution in [1.82, 2.24) is 0 Å². The van der Waals surface area contributed by atoms with Gasteiger partial charge in [-0.25, -0.2) is 8.78 Å². The van der Waals surface area contributed by atoms with Gasteiger partial charge in [0.05, 0.1) is 11.6 Å². The van der Waals surface area contributed by atoms with Gasteiger partial charge in [-0.15, -0.1) is 0 Å². The maximum absolute atomic E-state index is 13.7. The summed E-state index contributed by atoms with van der Waals surface area (Å²) in [5.41, 5.74) is 6.53. The molecule has 5 heteroatoms. The average molecular weight is 308 g/mol. The minimum Gasteiger partial charge on any atom is -0.486 e. The van der Waals surface area contributed by atoms with Gasteiger partial charge in [0.2, 0.25) is 0 Å². The predicted molar refractivity (Wildman–Crippen MR) is 78.1 cm³/mol. The minimum atomic E-state index is -0.509. The van der Waals surface area contributed by atoms with Crippen molar-refractivity contribution in [2.45, 2.75) is 6.61 Å². The van der Waals surface area contributed by atoms with Crippen LogP contribution in [0.1, 0.15) is 11.1 Å². The van der Waals surface area contributed by atoms with E-state index in [1.165, 1.54) is 30.3 Å². The van der Waals surface area contributed by atoms with Crippen molar-refractivity contribution in [1.29, 1.82) is 0 Å². The first-order valence-corrected chi connectivity index (χ1v) is 6.53. The molecule has 0 amide bonds. The van der Waals surface area contributed by atoms with Crippen LogP contribution in [0.4, 0.5) is 8.78 Å². The normalized spacial score (nSPS) is 9.90. The van der Waals surface area contributed by atoms with Crippen LogP contribution < -0.4 is 10.5 Å². The van der Waals surface area contributed by atoms with E-state index in [2.05, 4.69) is 11.8 Å². The van der Waals surface area contributed by atoms with Gasteiger partial charge >= 0.3 is 0 Å². The number of nitrogens with two attached hydrogens (primary N) is 1. The highest BCUT2D eigenvalue weighted by Gasteiger charge is 2.06. The van der Waals surface area contributed by atoms with E-state index in [4.69, 9.17) is 22.1 Å². The van der Waals surface area contributed by atoms with E-state index >= 15 is 0 Å². The van der Waals surface area contributed by atoms with Gasteiger partial charge in [0.15, 0.2) is 11.6 Å². The molecule has 2 rings (SSSR count). The second kappa shape index (κ2) is 7.07. The molecule has 0 saturated heterocycles. The number of benzene rings is 2. The number of hydrogen-bond acceptors (Lipinski definition) is 2. The molecule has 0 atom stereocenters.